The third-order valence-electron chi connectivity index (χ3n) is 7.37. The monoisotopic (exact) mass is 543 g/mol. The number of ether oxygens (including phenoxy) is 2. The van der Waals surface area contributed by atoms with Crippen molar-refractivity contribution in [1.29, 1.82) is 0 Å². The minimum absolute atomic E-state index is 0.337. The van der Waals surface area contributed by atoms with Crippen LogP contribution in [0.2, 0.25) is 0 Å². The topological polar surface area (TPSA) is 48.4 Å². The number of aromatic nitrogens is 1. The highest BCUT2D eigenvalue weighted by Crippen LogP contribution is 2.23. The van der Waals surface area contributed by atoms with Crippen LogP contribution in [0.15, 0.2) is 66.9 Å². The van der Waals surface area contributed by atoms with Crippen molar-refractivity contribution in [2.75, 3.05) is 6.61 Å². The maximum absolute atomic E-state index is 12.7. The number of aryl methyl sites for hydroxylation is 1. The molecule has 3 rings (SSSR count). The van der Waals surface area contributed by atoms with Crippen LogP contribution in [0.3, 0.4) is 0 Å². The van der Waals surface area contributed by atoms with Crippen molar-refractivity contribution in [2.45, 2.75) is 110 Å². The van der Waals surface area contributed by atoms with E-state index in [1.165, 1.54) is 89.0 Å². The lowest BCUT2D eigenvalue weighted by Gasteiger charge is -2.08. The van der Waals surface area contributed by atoms with Crippen LogP contribution in [-0.4, -0.2) is 17.6 Å². The summed E-state index contributed by atoms with van der Waals surface area (Å²) in [4.78, 5) is 17.2. The third kappa shape index (κ3) is 11.9. The number of carbonyl (C=O) groups is 1. The minimum Gasteiger partial charge on any atom is -0.492 e. The maximum atomic E-state index is 12.7. The van der Waals surface area contributed by atoms with Gasteiger partial charge in [-0.25, -0.2) is 4.79 Å². The Balaban J connectivity index is 1.37. The van der Waals surface area contributed by atoms with Crippen LogP contribution in [0.25, 0.3) is 11.3 Å². The van der Waals surface area contributed by atoms with Crippen LogP contribution < -0.4 is 9.47 Å². The quantitative estimate of drug-likeness (QED) is 0.0808. The van der Waals surface area contributed by atoms with Crippen LogP contribution in [0, 0.1) is 0 Å². The standard InChI is InChI=1S/C36H49NO3/c1-3-5-7-9-11-12-13-15-17-30-18-20-32(21-19-30)36(38)40-33-24-22-31(23-25-33)35-27-26-34(29-37-35)39-28-16-14-10-8-6-4-2/h18-27,29H,3-17,28H2,1-2H3. The lowest BCUT2D eigenvalue weighted by Crippen LogP contribution is -2.08. The molecule has 1 aromatic heterocycles. The summed E-state index contributed by atoms with van der Waals surface area (Å²) < 4.78 is 11.4. The molecule has 3 aromatic rings. The molecular formula is C36H49NO3. The third-order valence-corrected chi connectivity index (χ3v) is 7.37. The Morgan fingerprint density at radius 1 is 0.625 bits per heavy atom. The van der Waals surface area contributed by atoms with E-state index in [1.54, 1.807) is 6.20 Å². The van der Waals surface area contributed by atoms with Gasteiger partial charge in [0.15, 0.2) is 0 Å². The van der Waals surface area contributed by atoms with E-state index in [0.29, 0.717) is 11.3 Å². The van der Waals surface area contributed by atoms with Gasteiger partial charge in [0.1, 0.15) is 11.5 Å². The number of hydrogen-bond donors (Lipinski definition) is 0. The number of esters is 1. The molecule has 2 aromatic carbocycles. The molecule has 216 valence electrons. The first-order chi connectivity index (χ1) is 19.7. The zero-order chi connectivity index (χ0) is 28.3. The molecule has 4 heteroatoms. The molecule has 0 spiro atoms. The van der Waals surface area contributed by atoms with Gasteiger partial charge < -0.3 is 9.47 Å². The van der Waals surface area contributed by atoms with Crippen molar-refractivity contribution in [2.24, 2.45) is 0 Å². The Morgan fingerprint density at radius 2 is 1.20 bits per heavy atom. The van der Waals surface area contributed by atoms with E-state index < -0.39 is 0 Å². The van der Waals surface area contributed by atoms with Crippen LogP contribution in [-0.2, 0) is 6.42 Å². The van der Waals surface area contributed by atoms with Gasteiger partial charge in [0.05, 0.1) is 24.1 Å². The average molecular weight is 544 g/mol. The molecule has 40 heavy (non-hydrogen) atoms. The smallest absolute Gasteiger partial charge is 0.343 e. The van der Waals surface area contributed by atoms with Crippen molar-refractivity contribution >= 4 is 5.97 Å². The summed E-state index contributed by atoms with van der Waals surface area (Å²) in [5, 5.41) is 0. The predicted molar refractivity (Wildman–Crippen MR) is 166 cm³/mol. The molecule has 4 nitrogen and oxygen atoms in total. The van der Waals surface area contributed by atoms with Gasteiger partial charge in [0.25, 0.3) is 0 Å². The van der Waals surface area contributed by atoms with E-state index in [9.17, 15) is 4.79 Å². The van der Waals surface area contributed by atoms with Crippen molar-refractivity contribution in [3.63, 3.8) is 0 Å². The number of carbonyl (C=O) groups excluding carboxylic acids is 1. The maximum Gasteiger partial charge on any atom is 0.343 e. The van der Waals surface area contributed by atoms with Gasteiger partial charge in [-0.2, -0.15) is 0 Å². The average Bonchev–Trinajstić information content (AvgIpc) is 2.99. The van der Waals surface area contributed by atoms with E-state index in [0.717, 1.165) is 36.5 Å². The van der Waals surface area contributed by atoms with E-state index in [1.807, 2.05) is 60.7 Å². The highest BCUT2D eigenvalue weighted by atomic mass is 16.5. The number of pyridine rings is 1. The number of benzene rings is 2. The van der Waals surface area contributed by atoms with Gasteiger partial charge in [0, 0.05) is 5.56 Å². The molecule has 0 aliphatic rings. The summed E-state index contributed by atoms with van der Waals surface area (Å²) in [6.45, 7) is 5.23. The Morgan fingerprint density at radius 3 is 1.80 bits per heavy atom. The second kappa shape index (κ2) is 19.0. The first kappa shape index (κ1) is 31.4. The molecule has 0 unspecified atom stereocenters. The lowest BCUT2D eigenvalue weighted by atomic mass is 10.0. The zero-order valence-corrected chi connectivity index (χ0v) is 24.8. The predicted octanol–water partition coefficient (Wildman–Crippen LogP) is 10.4. The molecule has 0 N–H and O–H groups in total. The summed E-state index contributed by atoms with van der Waals surface area (Å²) in [7, 11) is 0. The van der Waals surface area contributed by atoms with Crippen LogP contribution in [0.4, 0.5) is 0 Å². The van der Waals surface area contributed by atoms with E-state index in [2.05, 4.69) is 18.8 Å². The lowest BCUT2D eigenvalue weighted by molar-refractivity contribution is 0.0734. The van der Waals surface area contributed by atoms with Gasteiger partial charge in [0.2, 0.25) is 0 Å². The van der Waals surface area contributed by atoms with Crippen molar-refractivity contribution < 1.29 is 14.3 Å². The second-order valence-corrected chi connectivity index (χ2v) is 10.8. The van der Waals surface area contributed by atoms with E-state index >= 15 is 0 Å². The number of rotatable bonds is 20. The van der Waals surface area contributed by atoms with Gasteiger partial charge in [-0.05, 0) is 73.4 Å². The van der Waals surface area contributed by atoms with Gasteiger partial charge in [-0.15, -0.1) is 0 Å². The highest BCUT2D eigenvalue weighted by molar-refractivity contribution is 5.91. The number of hydrogen-bond acceptors (Lipinski definition) is 4. The van der Waals surface area contributed by atoms with Crippen LogP contribution >= 0.6 is 0 Å². The van der Waals surface area contributed by atoms with E-state index in [-0.39, 0.29) is 5.97 Å². The molecule has 0 bridgehead atoms. The van der Waals surface area contributed by atoms with E-state index in [4.69, 9.17) is 9.47 Å². The van der Waals surface area contributed by atoms with Gasteiger partial charge >= 0.3 is 5.97 Å². The highest BCUT2D eigenvalue weighted by Gasteiger charge is 2.09. The Hall–Kier alpha value is -3.14. The normalized spacial score (nSPS) is 10.9. The summed E-state index contributed by atoms with van der Waals surface area (Å²) in [5.41, 5.74) is 3.67. The molecule has 0 aliphatic carbocycles. The summed E-state index contributed by atoms with van der Waals surface area (Å²) in [6.07, 6.45) is 20.9. The second-order valence-electron chi connectivity index (χ2n) is 10.8. The molecule has 0 aliphatic heterocycles. The first-order valence-corrected chi connectivity index (χ1v) is 15.7. The fourth-order valence-corrected chi connectivity index (χ4v) is 4.84. The summed E-state index contributed by atoms with van der Waals surface area (Å²) >= 11 is 0. The Bertz CT molecular complexity index is 1070. The molecule has 0 fully saturated rings. The molecule has 0 atom stereocenters. The van der Waals surface area contributed by atoms with Crippen molar-refractivity contribution in [1.82, 2.24) is 4.98 Å². The minimum atomic E-state index is -0.337. The summed E-state index contributed by atoms with van der Waals surface area (Å²) in [6, 6.07) is 19.2. The molecular weight excluding hydrogens is 494 g/mol. The fourth-order valence-electron chi connectivity index (χ4n) is 4.84. The SMILES string of the molecule is CCCCCCCCCCc1ccc(C(=O)Oc2ccc(-c3ccc(OCCCCCCCC)cn3)cc2)cc1. The number of unbranched alkanes of at least 4 members (excludes halogenated alkanes) is 12. The first-order valence-electron chi connectivity index (χ1n) is 15.7. The molecule has 0 radical (unpaired) electrons. The zero-order valence-electron chi connectivity index (χ0n) is 24.8. The van der Waals surface area contributed by atoms with Gasteiger partial charge in [-0.1, -0.05) is 103 Å². The molecule has 1 heterocycles. The fraction of sp³-hybridized carbons (Fsp3) is 0.500. The Labute approximate surface area is 242 Å². The molecule has 0 saturated heterocycles. The van der Waals surface area contributed by atoms with Crippen LogP contribution in [0.1, 0.15) is 120 Å². The van der Waals surface area contributed by atoms with Gasteiger partial charge in [-0.3, -0.25) is 4.98 Å². The molecule has 0 amide bonds. The molecule has 0 saturated carbocycles. The number of nitrogens with zero attached hydrogens (tertiary/aromatic N) is 1. The summed E-state index contributed by atoms with van der Waals surface area (Å²) in [5.74, 6) is 0.985. The Kier molecular flexibility index (Phi) is 14.9. The van der Waals surface area contributed by atoms with Crippen LogP contribution in [0.5, 0.6) is 11.5 Å². The van der Waals surface area contributed by atoms with Crippen molar-refractivity contribution in [3.05, 3.63) is 78.0 Å². The largest absolute Gasteiger partial charge is 0.492 e. The van der Waals surface area contributed by atoms with Crippen molar-refractivity contribution in [3.8, 4) is 22.8 Å².